The molecule has 3 aromatic rings. The van der Waals surface area contributed by atoms with Crippen LogP contribution in [0.15, 0.2) is 24.3 Å². The Balaban J connectivity index is 1.88. The summed E-state index contributed by atoms with van der Waals surface area (Å²) in [6.45, 7) is 3.77. The van der Waals surface area contributed by atoms with E-state index >= 15 is 0 Å². The van der Waals surface area contributed by atoms with Crippen LogP contribution in [0.3, 0.4) is 0 Å². The largest absolute Gasteiger partial charge is 0.324 e. The fourth-order valence-corrected chi connectivity index (χ4v) is 2.73. The van der Waals surface area contributed by atoms with E-state index in [-0.39, 0.29) is 5.91 Å². The van der Waals surface area contributed by atoms with Crippen LogP contribution in [0.4, 0.5) is 5.95 Å². The van der Waals surface area contributed by atoms with E-state index in [2.05, 4.69) is 20.3 Å². The molecule has 1 aromatic carbocycles. The van der Waals surface area contributed by atoms with E-state index in [0.717, 1.165) is 20.9 Å². The van der Waals surface area contributed by atoms with Gasteiger partial charge in [0.1, 0.15) is 5.69 Å². The van der Waals surface area contributed by atoms with E-state index < -0.39 is 0 Å². The Hall–Kier alpha value is -2.21. The lowest BCUT2D eigenvalue weighted by atomic mass is 10.3. The van der Waals surface area contributed by atoms with Crippen LogP contribution < -0.4 is 5.32 Å². The number of amides is 1. The molecule has 0 atom stereocenters. The zero-order valence-electron chi connectivity index (χ0n) is 10.5. The SMILES string of the molecule is Cc1nc(C(=O)Nc2nc3ccccc3[nH]2)c(C)s1. The monoisotopic (exact) mass is 272 g/mol. The summed E-state index contributed by atoms with van der Waals surface area (Å²) in [5.41, 5.74) is 2.18. The number of hydrogen-bond acceptors (Lipinski definition) is 4. The molecule has 1 amide bonds. The van der Waals surface area contributed by atoms with Crippen molar-refractivity contribution in [2.24, 2.45) is 0 Å². The van der Waals surface area contributed by atoms with Crippen LogP contribution in [0.25, 0.3) is 11.0 Å². The average Bonchev–Trinajstić information content (AvgIpc) is 2.91. The van der Waals surface area contributed by atoms with Crippen molar-refractivity contribution in [2.75, 3.05) is 5.32 Å². The molecule has 19 heavy (non-hydrogen) atoms. The minimum Gasteiger partial charge on any atom is -0.324 e. The number of aromatic amines is 1. The van der Waals surface area contributed by atoms with Crippen molar-refractivity contribution >= 4 is 34.2 Å². The third-order valence-corrected chi connectivity index (χ3v) is 3.63. The number of nitrogens with zero attached hydrogens (tertiary/aromatic N) is 2. The maximum atomic E-state index is 12.1. The fraction of sp³-hybridized carbons (Fsp3) is 0.154. The summed E-state index contributed by atoms with van der Waals surface area (Å²) < 4.78 is 0. The minimum atomic E-state index is -0.235. The Labute approximate surface area is 113 Å². The zero-order valence-corrected chi connectivity index (χ0v) is 11.3. The molecule has 0 radical (unpaired) electrons. The Morgan fingerprint density at radius 2 is 2.05 bits per heavy atom. The first-order valence-electron chi connectivity index (χ1n) is 5.83. The van der Waals surface area contributed by atoms with Gasteiger partial charge in [-0.05, 0) is 26.0 Å². The number of aromatic nitrogens is 3. The smallest absolute Gasteiger partial charge is 0.277 e. The van der Waals surface area contributed by atoms with Crippen molar-refractivity contribution in [3.63, 3.8) is 0 Å². The maximum Gasteiger partial charge on any atom is 0.277 e. The highest BCUT2D eigenvalue weighted by atomic mass is 32.1. The molecule has 0 bridgehead atoms. The summed E-state index contributed by atoms with van der Waals surface area (Å²) in [6, 6.07) is 7.62. The number of rotatable bonds is 2. The second-order valence-corrected chi connectivity index (χ2v) is 5.60. The van der Waals surface area contributed by atoms with Gasteiger partial charge in [0.15, 0.2) is 0 Å². The number of aryl methyl sites for hydroxylation is 2. The third kappa shape index (κ3) is 2.22. The Kier molecular flexibility index (Phi) is 2.79. The summed E-state index contributed by atoms with van der Waals surface area (Å²) in [5, 5.41) is 3.62. The highest BCUT2D eigenvalue weighted by Gasteiger charge is 2.15. The fourth-order valence-electron chi connectivity index (χ4n) is 1.92. The molecule has 0 aliphatic heterocycles. The molecule has 3 rings (SSSR count). The van der Waals surface area contributed by atoms with Crippen LogP contribution >= 0.6 is 11.3 Å². The topological polar surface area (TPSA) is 70.7 Å². The Morgan fingerprint density at radius 1 is 1.26 bits per heavy atom. The van der Waals surface area contributed by atoms with E-state index in [0.29, 0.717) is 11.6 Å². The number of thiazole rings is 1. The molecule has 0 saturated heterocycles. The van der Waals surface area contributed by atoms with Crippen molar-refractivity contribution in [1.82, 2.24) is 15.0 Å². The Morgan fingerprint density at radius 3 is 2.74 bits per heavy atom. The number of imidazole rings is 1. The molecule has 2 aromatic heterocycles. The number of para-hydroxylation sites is 2. The van der Waals surface area contributed by atoms with Crippen LogP contribution in [-0.2, 0) is 0 Å². The van der Waals surface area contributed by atoms with Crippen molar-refractivity contribution in [3.05, 3.63) is 39.8 Å². The zero-order chi connectivity index (χ0) is 13.4. The number of anilines is 1. The van der Waals surface area contributed by atoms with E-state index in [9.17, 15) is 4.79 Å². The second-order valence-electron chi connectivity index (χ2n) is 4.19. The molecule has 0 fully saturated rings. The lowest BCUT2D eigenvalue weighted by Crippen LogP contribution is -2.14. The average molecular weight is 272 g/mol. The molecule has 0 spiro atoms. The predicted octanol–water partition coefficient (Wildman–Crippen LogP) is 2.89. The number of benzene rings is 1. The number of nitrogens with one attached hydrogen (secondary N) is 2. The van der Waals surface area contributed by atoms with E-state index in [1.165, 1.54) is 11.3 Å². The summed E-state index contributed by atoms with van der Waals surface area (Å²) >= 11 is 1.51. The number of fused-ring (bicyclic) bond motifs is 1. The quantitative estimate of drug-likeness (QED) is 0.753. The Bertz CT molecular complexity index is 726. The normalized spacial score (nSPS) is 10.8. The first kappa shape index (κ1) is 11.9. The summed E-state index contributed by atoms with van der Waals surface area (Å²) in [5.74, 6) is 0.206. The van der Waals surface area contributed by atoms with Crippen LogP contribution in [0.2, 0.25) is 0 Å². The molecule has 0 aliphatic rings. The van der Waals surface area contributed by atoms with E-state index in [1.54, 1.807) is 0 Å². The molecular formula is C13H12N4OS. The van der Waals surface area contributed by atoms with Crippen molar-refractivity contribution in [1.29, 1.82) is 0 Å². The van der Waals surface area contributed by atoms with Crippen LogP contribution in [0.5, 0.6) is 0 Å². The lowest BCUT2D eigenvalue weighted by molar-refractivity contribution is 0.102. The molecule has 96 valence electrons. The molecular weight excluding hydrogens is 260 g/mol. The van der Waals surface area contributed by atoms with Crippen molar-refractivity contribution in [2.45, 2.75) is 13.8 Å². The minimum absolute atomic E-state index is 0.235. The van der Waals surface area contributed by atoms with E-state index in [1.807, 2.05) is 38.1 Å². The standard InChI is InChI=1S/C13H12N4OS/c1-7-11(14-8(2)19-7)12(18)17-13-15-9-5-3-4-6-10(9)16-13/h3-6H,1-2H3,(H2,15,16,17,18). The number of H-pyrrole nitrogens is 1. The van der Waals surface area contributed by atoms with Gasteiger partial charge in [-0.1, -0.05) is 12.1 Å². The van der Waals surface area contributed by atoms with Crippen molar-refractivity contribution < 1.29 is 4.79 Å². The number of carbonyl (C=O) groups is 1. The second kappa shape index (κ2) is 4.47. The summed E-state index contributed by atoms with van der Waals surface area (Å²) in [7, 11) is 0. The molecule has 2 heterocycles. The van der Waals surface area contributed by atoms with Gasteiger partial charge in [-0.3, -0.25) is 10.1 Å². The molecule has 2 N–H and O–H groups in total. The van der Waals surface area contributed by atoms with Gasteiger partial charge in [0, 0.05) is 4.88 Å². The van der Waals surface area contributed by atoms with Crippen LogP contribution in [0, 0.1) is 13.8 Å². The highest BCUT2D eigenvalue weighted by molar-refractivity contribution is 7.11. The number of carbonyl (C=O) groups excluding carboxylic acids is 1. The molecule has 0 unspecified atom stereocenters. The van der Waals surface area contributed by atoms with Crippen LogP contribution in [-0.4, -0.2) is 20.9 Å². The van der Waals surface area contributed by atoms with Gasteiger partial charge in [-0.25, -0.2) is 9.97 Å². The van der Waals surface area contributed by atoms with Gasteiger partial charge < -0.3 is 4.98 Å². The third-order valence-electron chi connectivity index (χ3n) is 2.74. The molecule has 0 aliphatic carbocycles. The lowest BCUT2D eigenvalue weighted by Gasteiger charge is -1.98. The van der Waals surface area contributed by atoms with E-state index in [4.69, 9.17) is 0 Å². The molecule has 5 nitrogen and oxygen atoms in total. The molecule has 6 heteroatoms. The first-order valence-corrected chi connectivity index (χ1v) is 6.65. The maximum absolute atomic E-state index is 12.1. The van der Waals surface area contributed by atoms with Gasteiger partial charge in [0.2, 0.25) is 5.95 Å². The van der Waals surface area contributed by atoms with Gasteiger partial charge in [0.05, 0.1) is 16.0 Å². The van der Waals surface area contributed by atoms with Crippen LogP contribution in [0.1, 0.15) is 20.4 Å². The predicted molar refractivity (Wildman–Crippen MR) is 75.6 cm³/mol. The summed E-state index contributed by atoms with van der Waals surface area (Å²) in [4.78, 5) is 24.6. The highest BCUT2D eigenvalue weighted by Crippen LogP contribution is 2.18. The number of hydrogen-bond donors (Lipinski definition) is 2. The first-order chi connectivity index (χ1) is 9.13. The van der Waals surface area contributed by atoms with Gasteiger partial charge in [-0.2, -0.15) is 0 Å². The molecule has 0 saturated carbocycles. The summed E-state index contributed by atoms with van der Waals surface area (Å²) in [6.07, 6.45) is 0. The van der Waals surface area contributed by atoms with Gasteiger partial charge in [-0.15, -0.1) is 11.3 Å². The van der Waals surface area contributed by atoms with Gasteiger partial charge >= 0.3 is 0 Å². The van der Waals surface area contributed by atoms with Gasteiger partial charge in [0.25, 0.3) is 5.91 Å². The van der Waals surface area contributed by atoms with Crippen molar-refractivity contribution in [3.8, 4) is 0 Å².